The molecule has 2 aromatic rings. The van der Waals surface area contributed by atoms with Crippen molar-refractivity contribution in [1.82, 2.24) is 5.16 Å². The van der Waals surface area contributed by atoms with Crippen LogP contribution in [0.5, 0.6) is 11.5 Å². The highest BCUT2D eigenvalue weighted by molar-refractivity contribution is 5.75. The lowest BCUT2D eigenvalue weighted by Crippen LogP contribution is -1.93. The number of halogens is 2. The van der Waals surface area contributed by atoms with Gasteiger partial charge in [0.05, 0.1) is 17.3 Å². The Balaban J connectivity index is 2.79. The third-order valence-corrected chi connectivity index (χ3v) is 2.03. The fourth-order valence-electron chi connectivity index (χ4n) is 1.28. The van der Waals surface area contributed by atoms with E-state index in [0.29, 0.717) is 6.07 Å². The standard InChI is InChI=1S/C9H6F2N2O3/c10-7-4(14)1-5(15)8(11)6(7)3-2-13-16-9(3)12/h1-2,14-15H,12H2. The molecule has 0 saturated heterocycles. The van der Waals surface area contributed by atoms with Crippen LogP contribution in [0.25, 0.3) is 11.1 Å². The third-order valence-electron chi connectivity index (χ3n) is 2.03. The number of nitrogens with zero attached hydrogens (tertiary/aromatic N) is 1. The quantitative estimate of drug-likeness (QED) is 0.689. The summed E-state index contributed by atoms with van der Waals surface area (Å²) in [6.07, 6.45) is 0.982. The average Bonchev–Trinajstić information content (AvgIpc) is 2.63. The highest BCUT2D eigenvalue weighted by atomic mass is 19.1. The molecule has 1 aromatic heterocycles. The number of hydrogen-bond acceptors (Lipinski definition) is 5. The first-order chi connectivity index (χ1) is 7.52. The first-order valence-corrected chi connectivity index (χ1v) is 4.12. The van der Waals surface area contributed by atoms with Gasteiger partial charge < -0.3 is 20.5 Å². The molecule has 0 bridgehead atoms. The summed E-state index contributed by atoms with van der Waals surface area (Å²) >= 11 is 0. The lowest BCUT2D eigenvalue weighted by Gasteiger charge is -2.06. The molecule has 0 spiro atoms. The molecule has 16 heavy (non-hydrogen) atoms. The van der Waals surface area contributed by atoms with Crippen LogP contribution in [-0.2, 0) is 0 Å². The smallest absolute Gasteiger partial charge is 0.230 e. The molecule has 0 fully saturated rings. The molecule has 2 rings (SSSR count). The molecule has 1 heterocycles. The van der Waals surface area contributed by atoms with Gasteiger partial charge in [-0.2, -0.15) is 0 Å². The Bertz CT molecular complexity index is 528. The minimum absolute atomic E-state index is 0.179. The Kier molecular flexibility index (Phi) is 2.15. The van der Waals surface area contributed by atoms with Gasteiger partial charge in [-0.25, -0.2) is 8.78 Å². The number of benzene rings is 1. The van der Waals surface area contributed by atoms with E-state index in [4.69, 9.17) is 15.9 Å². The zero-order valence-corrected chi connectivity index (χ0v) is 7.74. The molecular weight excluding hydrogens is 222 g/mol. The third kappa shape index (κ3) is 1.33. The van der Waals surface area contributed by atoms with Crippen LogP contribution in [0.15, 0.2) is 16.8 Å². The molecule has 0 unspecified atom stereocenters. The summed E-state index contributed by atoms with van der Waals surface area (Å²) in [5, 5.41) is 21.4. The Hall–Kier alpha value is -2.31. The fraction of sp³-hybridized carbons (Fsp3) is 0. The van der Waals surface area contributed by atoms with Crippen molar-refractivity contribution in [1.29, 1.82) is 0 Å². The zero-order valence-electron chi connectivity index (χ0n) is 7.74. The van der Waals surface area contributed by atoms with Gasteiger partial charge in [-0.15, -0.1) is 0 Å². The topological polar surface area (TPSA) is 92.5 Å². The van der Waals surface area contributed by atoms with E-state index < -0.39 is 28.7 Å². The van der Waals surface area contributed by atoms with Crippen molar-refractivity contribution in [2.75, 3.05) is 5.73 Å². The van der Waals surface area contributed by atoms with Crippen LogP contribution in [0.4, 0.5) is 14.7 Å². The first kappa shape index (κ1) is 10.2. The van der Waals surface area contributed by atoms with Crippen LogP contribution in [-0.4, -0.2) is 15.4 Å². The number of hydrogen-bond donors (Lipinski definition) is 3. The second-order valence-corrected chi connectivity index (χ2v) is 3.02. The number of phenolic OH excluding ortho intramolecular Hbond substituents is 2. The molecule has 84 valence electrons. The highest BCUT2D eigenvalue weighted by Gasteiger charge is 2.23. The van der Waals surface area contributed by atoms with E-state index in [-0.39, 0.29) is 11.4 Å². The van der Waals surface area contributed by atoms with Gasteiger partial charge in [-0.05, 0) is 0 Å². The van der Waals surface area contributed by atoms with Gasteiger partial charge >= 0.3 is 0 Å². The Morgan fingerprint density at radius 3 is 2.19 bits per heavy atom. The van der Waals surface area contributed by atoms with E-state index in [2.05, 4.69) is 9.68 Å². The van der Waals surface area contributed by atoms with E-state index in [0.717, 1.165) is 6.20 Å². The van der Waals surface area contributed by atoms with Crippen LogP contribution in [0.1, 0.15) is 0 Å². The minimum Gasteiger partial charge on any atom is -0.505 e. The predicted octanol–water partition coefficient (Wildman–Crippen LogP) is 1.61. The summed E-state index contributed by atoms with van der Waals surface area (Å²) in [6.45, 7) is 0. The molecular formula is C9H6F2N2O3. The highest BCUT2D eigenvalue weighted by Crippen LogP contribution is 2.38. The van der Waals surface area contributed by atoms with Crippen molar-refractivity contribution in [2.45, 2.75) is 0 Å². The summed E-state index contributed by atoms with van der Waals surface area (Å²) in [6, 6.07) is 0.553. The maximum Gasteiger partial charge on any atom is 0.230 e. The zero-order chi connectivity index (χ0) is 11.9. The lowest BCUT2D eigenvalue weighted by molar-refractivity contribution is 0.399. The Labute approximate surface area is 87.7 Å². The van der Waals surface area contributed by atoms with Crippen LogP contribution < -0.4 is 5.73 Å². The number of aromatic nitrogens is 1. The largest absolute Gasteiger partial charge is 0.505 e. The molecule has 0 radical (unpaired) electrons. The molecule has 0 saturated carbocycles. The normalized spacial score (nSPS) is 10.6. The summed E-state index contributed by atoms with van der Waals surface area (Å²) in [7, 11) is 0. The summed E-state index contributed by atoms with van der Waals surface area (Å²) < 4.78 is 31.4. The molecule has 0 aliphatic rings. The van der Waals surface area contributed by atoms with E-state index in [1.165, 1.54) is 0 Å². The molecule has 0 aliphatic heterocycles. The molecule has 0 aliphatic carbocycles. The van der Waals surface area contributed by atoms with E-state index in [9.17, 15) is 8.78 Å². The second kappa shape index (κ2) is 3.37. The number of rotatable bonds is 1. The van der Waals surface area contributed by atoms with Gasteiger partial charge in [0.2, 0.25) is 5.88 Å². The molecule has 4 N–H and O–H groups in total. The fourth-order valence-corrected chi connectivity index (χ4v) is 1.28. The monoisotopic (exact) mass is 228 g/mol. The van der Waals surface area contributed by atoms with Gasteiger partial charge in [0, 0.05) is 6.07 Å². The number of aromatic hydroxyl groups is 2. The first-order valence-electron chi connectivity index (χ1n) is 4.12. The summed E-state index contributed by atoms with van der Waals surface area (Å²) in [5.74, 6) is -4.60. The lowest BCUT2D eigenvalue weighted by atomic mass is 10.1. The van der Waals surface area contributed by atoms with Crippen LogP contribution >= 0.6 is 0 Å². The van der Waals surface area contributed by atoms with Gasteiger partial charge in [0.15, 0.2) is 23.1 Å². The van der Waals surface area contributed by atoms with Crippen molar-refractivity contribution in [3.05, 3.63) is 23.9 Å². The minimum atomic E-state index is -1.25. The number of anilines is 1. The van der Waals surface area contributed by atoms with Gasteiger partial charge in [-0.1, -0.05) is 5.16 Å². The Morgan fingerprint density at radius 2 is 1.75 bits per heavy atom. The van der Waals surface area contributed by atoms with E-state index in [1.54, 1.807) is 0 Å². The van der Waals surface area contributed by atoms with Crippen molar-refractivity contribution in [3.8, 4) is 22.6 Å². The average molecular weight is 228 g/mol. The number of nitrogen functional groups attached to an aromatic ring is 1. The number of nitrogens with two attached hydrogens (primary N) is 1. The molecule has 5 nitrogen and oxygen atoms in total. The summed E-state index contributed by atoms with van der Waals surface area (Å²) in [4.78, 5) is 0. The molecule has 7 heteroatoms. The van der Waals surface area contributed by atoms with Crippen molar-refractivity contribution >= 4 is 5.88 Å². The second-order valence-electron chi connectivity index (χ2n) is 3.02. The maximum absolute atomic E-state index is 13.5. The summed E-state index contributed by atoms with van der Waals surface area (Å²) in [5.41, 5.74) is 4.42. The van der Waals surface area contributed by atoms with Crippen LogP contribution in [0, 0.1) is 11.6 Å². The van der Waals surface area contributed by atoms with Crippen molar-refractivity contribution in [3.63, 3.8) is 0 Å². The van der Waals surface area contributed by atoms with Gasteiger partial charge in [0.25, 0.3) is 0 Å². The van der Waals surface area contributed by atoms with E-state index >= 15 is 0 Å². The van der Waals surface area contributed by atoms with Gasteiger partial charge in [-0.3, -0.25) is 0 Å². The maximum atomic E-state index is 13.5. The number of phenols is 2. The van der Waals surface area contributed by atoms with Gasteiger partial charge in [0.1, 0.15) is 0 Å². The SMILES string of the molecule is Nc1oncc1-c1c(F)c(O)cc(O)c1F. The molecule has 1 aromatic carbocycles. The van der Waals surface area contributed by atoms with Crippen molar-refractivity contribution < 1.29 is 23.5 Å². The van der Waals surface area contributed by atoms with E-state index in [1.807, 2.05) is 0 Å². The predicted molar refractivity (Wildman–Crippen MR) is 49.6 cm³/mol. The molecule has 0 amide bonds. The Morgan fingerprint density at radius 1 is 1.19 bits per heavy atom. The van der Waals surface area contributed by atoms with Crippen LogP contribution in [0.2, 0.25) is 0 Å². The molecule has 0 atom stereocenters. The van der Waals surface area contributed by atoms with Crippen LogP contribution in [0.3, 0.4) is 0 Å². The van der Waals surface area contributed by atoms with Crippen molar-refractivity contribution in [2.24, 2.45) is 0 Å².